The van der Waals surface area contributed by atoms with Gasteiger partial charge in [-0.25, -0.2) is 17.9 Å². The molecule has 1 aromatic carbocycles. The minimum absolute atomic E-state index is 0.00729. The van der Waals surface area contributed by atoms with Crippen molar-refractivity contribution < 1.29 is 18.3 Å². The van der Waals surface area contributed by atoms with Gasteiger partial charge in [-0.05, 0) is 38.0 Å². The Bertz CT molecular complexity index is 591. The maximum atomic E-state index is 12.1. The van der Waals surface area contributed by atoms with Gasteiger partial charge >= 0.3 is 5.97 Å². The molecule has 5 nitrogen and oxygen atoms in total. The molecular formula is C13H17NO4S. The zero-order chi connectivity index (χ0) is 14.5. The Morgan fingerprint density at radius 1 is 1.42 bits per heavy atom. The van der Waals surface area contributed by atoms with Crippen LogP contribution in [0.4, 0.5) is 0 Å². The average Bonchev–Trinajstić information content (AvgIpc) is 2.34. The van der Waals surface area contributed by atoms with Gasteiger partial charge in [-0.2, -0.15) is 0 Å². The van der Waals surface area contributed by atoms with Crippen molar-refractivity contribution in [3.63, 3.8) is 0 Å². The van der Waals surface area contributed by atoms with Gasteiger partial charge < -0.3 is 5.11 Å². The quantitative estimate of drug-likeness (QED) is 0.617. The third-order valence-electron chi connectivity index (χ3n) is 2.56. The monoisotopic (exact) mass is 283 g/mol. The number of rotatable bonds is 6. The van der Waals surface area contributed by atoms with Crippen LogP contribution in [0.25, 0.3) is 0 Å². The van der Waals surface area contributed by atoms with Gasteiger partial charge in [-0.15, -0.1) is 0 Å². The summed E-state index contributed by atoms with van der Waals surface area (Å²) in [5.74, 6) is -1.15. The first-order valence-corrected chi connectivity index (χ1v) is 7.31. The number of allylic oxidation sites excluding steroid dienone is 1. The lowest BCUT2D eigenvalue weighted by Crippen LogP contribution is -2.25. The molecule has 0 unspecified atom stereocenters. The van der Waals surface area contributed by atoms with Crippen molar-refractivity contribution in [3.05, 3.63) is 41.5 Å². The Hall–Kier alpha value is -1.66. The molecule has 0 spiro atoms. The molecule has 0 aliphatic rings. The summed E-state index contributed by atoms with van der Waals surface area (Å²) in [6.45, 7) is 3.77. The highest BCUT2D eigenvalue weighted by Gasteiger charge is 2.18. The van der Waals surface area contributed by atoms with Crippen molar-refractivity contribution in [3.8, 4) is 0 Å². The number of aryl methyl sites for hydroxylation is 1. The van der Waals surface area contributed by atoms with Crippen LogP contribution in [0.5, 0.6) is 0 Å². The van der Waals surface area contributed by atoms with Crippen LogP contribution in [0.3, 0.4) is 0 Å². The number of nitrogens with one attached hydrogen (secondary N) is 1. The van der Waals surface area contributed by atoms with Gasteiger partial charge in [0.25, 0.3) is 0 Å². The molecule has 2 N–H and O–H groups in total. The van der Waals surface area contributed by atoms with E-state index in [1.54, 1.807) is 6.92 Å². The number of hydrogen-bond donors (Lipinski definition) is 2. The molecule has 19 heavy (non-hydrogen) atoms. The lowest BCUT2D eigenvalue weighted by molar-refractivity contribution is 0.0696. The van der Waals surface area contributed by atoms with Crippen molar-refractivity contribution >= 4 is 16.0 Å². The van der Waals surface area contributed by atoms with Crippen LogP contribution in [-0.4, -0.2) is 26.0 Å². The van der Waals surface area contributed by atoms with E-state index >= 15 is 0 Å². The summed E-state index contributed by atoms with van der Waals surface area (Å²) < 4.78 is 26.6. The Morgan fingerprint density at radius 2 is 2.11 bits per heavy atom. The summed E-state index contributed by atoms with van der Waals surface area (Å²) in [7, 11) is -3.67. The molecule has 0 amide bonds. The van der Waals surface area contributed by atoms with E-state index < -0.39 is 16.0 Å². The van der Waals surface area contributed by atoms with E-state index in [0.717, 1.165) is 0 Å². The van der Waals surface area contributed by atoms with Gasteiger partial charge in [0, 0.05) is 6.54 Å². The number of carboxylic acids is 1. The molecule has 6 heteroatoms. The predicted octanol–water partition coefficient (Wildman–Crippen LogP) is 1.94. The molecule has 104 valence electrons. The Kier molecular flexibility index (Phi) is 5.26. The molecule has 0 bridgehead atoms. The van der Waals surface area contributed by atoms with Crippen LogP contribution in [0.15, 0.2) is 35.2 Å². The lowest BCUT2D eigenvalue weighted by Gasteiger charge is -2.09. The Balaban J connectivity index is 3.00. The van der Waals surface area contributed by atoms with Crippen molar-refractivity contribution in [2.75, 3.05) is 6.54 Å². The normalized spacial score (nSPS) is 11.9. The molecule has 0 aliphatic carbocycles. The highest BCUT2D eigenvalue weighted by molar-refractivity contribution is 7.89. The molecule has 0 aliphatic heterocycles. The highest BCUT2D eigenvalue weighted by atomic mass is 32.2. The fourth-order valence-corrected chi connectivity index (χ4v) is 2.86. The summed E-state index contributed by atoms with van der Waals surface area (Å²) >= 11 is 0. The number of hydrogen-bond acceptors (Lipinski definition) is 3. The van der Waals surface area contributed by atoms with Crippen LogP contribution in [-0.2, 0) is 10.0 Å². The number of aromatic carboxylic acids is 1. The zero-order valence-corrected chi connectivity index (χ0v) is 11.7. The van der Waals surface area contributed by atoms with Crippen molar-refractivity contribution in [2.24, 2.45) is 0 Å². The Morgan fingerprint density at radius 3 is 2.68 bits per heavy atom. The third-order valence-corrected chi connectivity index (χ3v) is 4.17. The van der Waals surface area contributed by atoms with E-state index in [4.69, 9.17) is 5.11 Å². The van der Waals surface area contributed by atoms with E-state index in [9.17, 15) is 13.2 Å². The lowest BCUT2D eigenvalue weighted by atomic mass is 10.1. The summed E-state index contributed by atoms with van der Waals surface area (Å²) in [6, 6.07) is 4.05. The number of carboxylic acid groups (broad SMARTS) is 1. The van der Waals surface area contributed by atoms with Gasteiger partial charge in [0.2, 0.25) is 10.0 Å². The van der Waals surface area contributed by atoms with Crippen LogP contribution >= 0.6 is 0 Å². The first-order valence-electron chi connectivity index (χ1n) is 5.83. The van der Waals surface area contributed by atoms with Crippen molar-refractivity contribution in [2.45, 2.75) is 25.2 Å². The maximum absolute atomic E-state index is 12.1. The first kappa shape index (κ1) is 15.4. The summed E-state index contributed by atoms with van der Waals surface area (Å²) in [6.07, 6.45) is 4.28. The summed E-state index contributed by atoms with van der Waals surface area (Å²) in [5, 5.41) is 8.89. The van der Waals surface area contributed by atoms with E-state index in [1.807, 2.05) is 19.1 Å². The van der Waals surface area contributed by atoms with E-state index in [2.05, 4.69) is 4.72 Å². The number of carbonyl (C=O) groups is 1. The second kappa shape index (κ2) is 6.49. The second-order valence-corrected chi connectivity index (χ2v) is 5.78. The zero-order valence-electron chi connectivity index (χ0n) is 10.9. The standard InChI is InChI=1S/C13H17NO4S/c1-3-4-5-8-14-19(17,18)12-9-11(13(15)16)7-6-10(12)2/h3-4,6-7,9,14H,5,8H2,1-2H3,(H,15,16)/b4-3+. The fraction of sp³-hybridized carbons (Fsp3) is 0.308. The molecule has 0 radical (unpaired) electrons. The van der Waals surface area contributed by atoms with E-state index in [-0.39, 0.29) is 17.0 Å². The largest absolute Gasteiger partial charge is 0.478 e. The molecule has 0 fully saturated rings. The smallest absolute Gasteiger partial charge is 0.335 e. The van der Waals surface area contributed by atoms with Crippen molar-refractivity contribution in [1.82, 2.24) is 4.72 Å². The fourth-order valence-electron chi connectivity index (χ4n) is 1.54. The minimum Gasteiger partial charge on any atom is -0.478 e. The van der Waals surface area contributed by atoms with Gasteiger partial charge in [0.05, 0.1) is 10.5 Å². The van der Waals surface area contributed by atoms with Gasteiger partial charge in [0.1, 0.15) is 0 Å². The highest BCUT2D eigenvalue weighted by Crippen LogP contribution is 2.17. The third kappa shape index (κ3) is 4.18. The van der Waals surface area contributed by atoms with E-state index in [0.29, 0.717) is 12.0 Å². The van der Waals surface area contributed by atoms with Crippen molar-refractivity contribution in [1.29, 1.82) is 0 Å². The van der Waals surface area contributed by atoms with E-state index in [1.165, 1.54) is 18.2 Å². The Labute approximate surface area is 113 Å². The summed E-state index contributed by atoms with van der Waals surface area (Å²) in [5.41, 5.74) is 0.475. The average molecular weight is 283 g/mol. The molecule has 0 heterocycles. The second-order valence-electron chi connectivity index (χ2n) is 4.04. The predicted molar refractivity (Wildman–Crippen MR) is 72.8 cm³/mol. The number of benzene rings is 1. The molecule has 1 aromatic rings. The van der Waals surface area contributed by atoms with Crippen LogP contribution in [0, 0.1) is 6.92 Å². The maximum Gasteiger partial charge on any atom is 0.335 e. The molecule has 1 rings (SSSR count). The first-order chi connectivity index (χ1) is 8.88. The molecule has 0 saturated heterocycles. The number of sulfonamides is 1. The van der Waals surface area contributed by atoms with Crippen LogP contribution in [0.2, 0.25) is 0 Å². The summed E-state index contributed by atoms with van der Waals surface area (Å²) in [4.78, 5) is 10.9. The molecule has 0 atom stereocenters. The molecule has 0 aromatic heterocycles. The van der Waals surface area contributed by atoms with Crippen LogP contribution in [0.1, 0.15) is 29.3 Å². The van der Waals surface area contributed by atoms with Gasteiger partial charge in [0.15, 0.2) is 0 Å². The SMILES string of the molecule is C/C=C/CCNS(=O)(=O)c1cc(C(=O)O)ccc1C. The van der Waals surface area contributed by atoms with Crippen LogP contribution < -0.4 is 4.72 Å². The van der Waals surface area contributed by atoms with Gasteiger partial charge in [-0.1, -0.05) is 18.2 Å². The molecular weight excluding hydrogens is 266 g/mol. The molecule has 0 saturated carbocycles. The van der Waals surface area contributed by atoms with Gasteiger partial charge in [-0.3, -0.25) is 0 Å². The minimum atomic E-state index is -3.67. The topological polar surface area (TPSA) is 83.5 Å².